The Labute approximate surface area is 74.6 Å². The Kier molecular flexibility index (Phi) is 6.44. The van der Waals surface area contributed by atoms with E-state index in [9.17, 15) is 4.79 Å². The standard InChI is InChI=1S/C10H18O2/c1-4-5-6-7-8-10(11)12-9(2)3/h4,9H,1,5-8H2,2-3H3. The van der Waals surface area contributed by atoms with Crippen LogP contribution in [-0.2, 0) is 9.53 Å². The molecule has 0 heterocycles. The molecule has 0 rings (SSSR count). The number of rotatable bonds is 6. The molecule has 0 saturated carbocycles. The second kappa shape index (κ2) is 6.89. The Hall–Kier alpha value is -0.790. The highest BCUT2D eigenvalue weighted by Gasteiger charge is 2.03. The fraction of sp³-hybridized carbons (Fsp3) is 0.700. The third-order valence-electron chi connectivity index (χ3n) is 1.41. The number of carbonyl (C=O) groups is 1. The van der Waals surface area contributed by atoms with Crippen molar-refractivity contribution in [3.63, 3.8) is 0 Å². The van der Waals surface area contributed by atoms with Gasteiger partial charge in [-0.2, -0.15) is 0 Å². The molecular formula is C10H18O2. The molecule has 0 unspecified atom stereocenters. The van der Waals surface area contributed by atoms with Crippen molar-refractivity contribution in [3.8, 4) is 0 Å². The lowest BCUT2D eigenvalue weighted by atomic mass is 10.2. The van der Waals surface area contributed by atoms with E-state index >= 15 is 0 Å². The molecule has 0 aromatic heterocycles. The van der Waals surface area contributed by atoms with Crippen LogP contribution in [0.4, 0.5) is 0 Å². The molecule has 0 aliphatic heterocycles. The topological polar surface area (TPSA) is 26.3 Å². The van der Waals surface area contributed by atoms with Crippen LogP contribution in [0, 0.1) is 0 Å². The van der Waals surface area contributed by atoms with Gasteiger partial charge in [-0.05, 0) is 33.1 Å². The number of hydrogen-bond donors (Lipinski definition) is 0. The van der Waals surface area contributed by atoms with E-state index in [2.05, 4.69) is 6.58 Å². The van der Waals surface area contributed by atoms with Crippen molar-refractivity contribution in [1.82, 2.24) is 0 Å². The van der Waals surface area contributed by atoms with E-state index in [0.29, 0.717) is 6.42 Å². The molecule has 0 saturated heterocycles. The first-order valence-electron chi connectivity index (χ1n) is 4.47. The Morgan fingerprint density at radius 2 is 2.17 bits per heavy atom. The van der Waals surface area contributed by atoms with Crippen LogP contribution in [0.2, 0.25) is 0 Å². The van der Waals surface area contributed by atoms with Crippen LogP contribution in [0.5, 0.6) is 0 Å². The van der Waals surface area contributed by atoms with Gasteiger partial charge >= 0.3 is 5.97 Å². The largest absolute Gasteiger partial charge is 0.463 e. The minimum atomic E-state index is -0.0888. The minimum Gasteiger partial charge on any atom is -0.463 e. The first kappa shape index (κ1) is 11.2. The average Bonchev–Trinajstić information content (AvgIpc) is 1.97. The molecule has 0 aliphatic carbocycles. The number of hydrogen-bond acceptors (Lipinski definition) is 2. The summed E-state index contributed by atoms with van der Waals surface area (Å²) in [6.07, 6.45) is 5.32. The monoisotopic (exact) mass is 170 g/mol. The van der Waals surface area contributed by atoms with Gasteiger partial charge in [-0.1, -0.05) is 6.08 Å². The van der Waals surface area contributed by atoms with Crippen LogP contribution in [0.3, 0.4) is 0 Å². The summed E-state index contributed by atoms with van der Waals surface area (Å²) in [6.45, 7) is 7.34. The average molecular weight is 170 g/mol. The van der Waals surface area contributed by atoms with Crippen LogP contribution < -0.4 is 0 Å². The van der Waals surface area contributed by atoms with Gasteiger partial charge in [0.25, 0.3) is 0 Å². The van der Waals surface area contributed by atoms with E-state index in [-0.39, 0.29) is 12.1 Å². The van der Waals surface area contributed by atoms with Crippen molar-refractivity contribution in [3.05, 3.63) is 12.7 Å². The molecule has 0 atom stereocenters. The van der Waals surface area contributed by atoms with Gasteiger partial charge in [0.05, 0.1) is 6.10 Å². The van der Waals surface area contributed by atoms with E-state index in [1.54, 1.807) is 0 Å². The number of allylic oxidation sites excluding steroid dienone is 1. The fourth-order valence-electron chi connectivity index (χ4n) is 0.880. The van der Waals surface area contributed by atoms with Crippen molar-refractivity contribution < 1.29 is 9.53 Å². The Morgan fingerprint density at radius 1 is 1.50 bits per heavy atom. The molecule has 70 valence electrons. The minimum absolute atomic E-state index is 0.0110. The summed E-state index contributed by atoms with van der Waals surface area (Å²) < 4.78 is 4.97. The summed E-state index contributed by atoms with van der Waals surface area (Å²) in [5, 5.41) is 0. The number of esters is 1. The summed E-state index contributed by atoms with van der Waals surface area (Å²) >= 11 is 0. The number of carbonyl (C=O) groups excluding carboxylic acids is 1. The highest BCUT2D eigenvalue weighted by molar-refractivity contribution is 5.69. The molecule has 0 aromatic carbocycles. The Morgan fingerprint density at radius 3 is 2.67 bits per heavy atom. The normalized spacial score (nSPS) is 9.92. The van der Waals surface area contributed by atoms with Crippen LogP contribution in [-0.4, -0.2) is 12.1 Å². The van der Waals surface area contributed by atoms with Gasteiger partial charge in [0.15, 0.2) is 0 Å². The smallest absolute Gasteiger partial charge is 0.306 e. The molecule has 2 nitrogen and oxygen atoms in total. The lowest BCUT2D eigenvalue weighted by Crippen LogP contribution is -2.10. The highest BCUT2D eigenvalue weighted by atomic mass is 16.5. The van der Waals surface area contributed by atoms with E-state index in [1.807, 2.05) is 19.9 Å². The molecule has 0 bridgehead atoms. The molecule has 0 spiro atoms. The van der Waals surface area contributed by atoms with Crippen LogP contribution >= 0.6 is 0 Å². The molecule has 0 aromatic rings. The van der Waals surface area contributed by atoms with Crippen LogP contribution in [0.15, 0.2) is 12.7 Å². The first-order valence-corrected chi connectivity index (χ1v) is 4.47. The van der Waals surface area contributed by atoms with E-state index in [1.165, 1.54) is 0 Å². The first-order chi connectivity index (χ1) is 5.66. The van der Waals surface area contributed by atoms with Gasteiger partial charge in [-0.3, -0.25) is 4.79 Å². The van der Waals surface area contributed by atoms with Gasteiger partial charge in [-0.15, -0.1) is 6.58 Å². The maximum absolute atomic E-state index is 11.0. The van der Waals surface area contributed by atoms with Crippen molar-refractivity contribution >= 4 is 5.97 Å². The van der Waals surface area contributed by atoms with Crippen LogP contribution in [0.25, 0.3) is 0 Å². The fourth-order valence-corrected chi connectivity index (χ4v) is 0.880. The van der Waals surface area contributed by atoms with Crippen LogP contribution in [0.1, 0.15) is 39.5 Å². The van der Waals surface area contributed by atoms with Gasteiger partial charge in [0.2, 0.25) is 0 Å². The molecule has 0 N–H and O–H groups in total. The second-order valence-corrected chi connectivity index (χ2v) is 3.07. The zero-order chi connectivity index (χ0) is 9.40. The second-order valence-electron chi connectivity index (χ2n) is 3.07. The van der Waals surface area contributed by atoms with Gasteiger partial charge in [0, 0.05) is 6.42 Å². The molecule has 0 fully saturated rings. The van der Waals surface area contributed by atoms with Crippen molar-refractivity contribution in [2.24, 2.45) is 0 Å². The van der Waals surface area contributed by atoms with Crippen molar-refractivity contribution in [1.29, 1.82) is 0 Å². The predicted octanol–water partition coefficient (Wildman–Crippen LogP) is 2.68. The zero-order valence-electron chi connectivity index (χ0n) is 8.01. The lowest BCUT2D eigenvalue weighted by molar-refractivity contribution is -0.147. The predicted molar refractivity (Wildman–Crippen MR) is 49.9 cm³/mol. The maximum atomic E-state index is 11.0. The van der Waals surface area contributed by atoms with E-state index < -0.39 is 0 Å². The zero-order valence-corrected chi connectivity index (χ0v) is 8.01. The SMILES string of the molecule is C=CCCCCC(=O)OC(C)C. The molecule has 0 radical (unpaired) electrons. The summed E-state index contributed by atoms with van der Waals surface area (Å²) in [6, 6.07) is 0. The Balaban J connectivity index is 3.25. The summed E-state index contributed by atoms with van der Waals surface area (Å²) in [4.78, 5) is 11.0. The molecule has 12 heavy (non-hydrogen) atoms. The maximum Gasteiger partial charge on any atom is 0.306 e. The van der Waals surface area contributed by atoms with Gasteiger partial charge in [-0.25, -0.2) is 0 Å². The number of unbranched alkanes of at least 4 members (excludes halogenated alkanes) is 2. The summed E-state index contributed by atoms with van der Waals surface area (Å²) in [7, 11) is 0. The van der Waals surface area contributed by atoms with Crippen molar-refractivity contribution in [2.45, 2.75) is 45.6 Å². The number of ether oxygens (including phenoxy) is 1. The van der Waals surface area contributed by atoms with E-state index in [4.69, 9.17) is 4.74 Å². The molecule has 2 heteroatoms. The molecule has 0 aliphatic rings. The van der Waals surface area contributed by atoms with Gasteiger partial charge in [0.1, 0.15) is 0 Å². The lowest BCUT2D eigenvalue weighted by Gasteiger charge is -2.06. The summed E-state index contributed by atoms with van der Waals surface area (Å²) in [5.74, 6) is -0.0888. The van der Waals surface area contributed by atoms with Crippen molar-refractivity contribution in [2.75, 3.05) is 0 Å². The molecular weight excluding hydrogens is 152 g/mol. The third-order valence-corrected chi connectivity index (χ3v) is 1.41. The third kappa shape index (κ3) is 7.32. The quantitative estimate of drug-likeness (QED) is 0.348. The van der Waals surface area contributed by atoms with Gasteiger partial charge < -0.3 is 4.74 Å². The Bertz CT molecular complexity index is 139. The highest BCUT2D eigenvalue weighted by Crippen LogP contribution is 2.02. The van der Waals surface area contributed by atoms with E-state index in [0.717, 1.165) is 19.3 Å². The molecule has 0 amide bonds. The summed E-state index contributed by atoms with van der Waals surface area (Å²) in [5.41, 5.74) is 0.